The first kappa shape index (κ1) is 12.2. The van der Waals surface area contributed by atoms with Crippen LogP contribution in [0.3, 0.4) is 0 Å². The lowest BCUT2D eigenvalue weighted by Crippen LogP contribution is -2.08. The van der Waals surface area contributed by atoms with Gasteiger partial charge in [0.1, 0.15) is 0 Å². The molecule has 2 aromatic carbocycles. The van der Waals surface area contributed by atoms with Crippen LogP contribution in [0, 0.1) is 0 Å². The molecule has 98 valence electrons. The van der Waals surface area contributed by atoms with Crippen molar-refractivity contribution in [1.29, 1.82) is 0 Å². The minimum absolute atomic E-state index is 0.497. The summed E-state index contributed by atoms with van der Waals surface area (Å²) in [5.41, 5.74) is 1.60. The molecule has 0 aromatic heterocycles. The summed E-state index contributed by atoms with van der Waals surface area (Å²) in [6.07, 6.45) is -4.33. The second kappa shape index (κ2) is 4.38. The van der Waals surface area contributed by atoms with Crippen LogP contribution in [-0.2, 0) is 6.18 Å². The summed E-state index contributed by atoms with van der Waals surface area (Å²) in [5.74, 6) is 0. The predicted molar refractivity (Wildman–Crippen MR) is 71.2 cm³/mol. The predicted octanol–water partition coefficient (Wildman–Crippen LogP) is 4.83. The third-order valence-corrected chi connectivity index (χ3v) is 3.68. The van der Waals surface area contributed by atoms with E-state index in [-0.39, 0.29) is 0 Å². The molecule has 0 unspecified atom stereocenters. The van der Waals surface area contributed by atoms with Gasteiger partial charge in [-0.25, -0.2) is 0 Å². The Balaban J connectivity index is 2.01. The highest BCUT2D eigenvalue weighted by atomic mass is 32.2. The van der Waals surface area contributed by atoms with Crippen LogP contribution in [0.5, 0.6) is 0 Å². The lowest BCUT2D eigenvalue weighted by atomic mass is 10.2. The molecule has 1 aliphatic heterocycles. The van der Waals surface area contributed by atoms with Crippen LogP contribution in [0.4, 0.5) is 30.2 Å². The van der Waals surface area contributed by atoms with Crippen molar-refractivity contribution in [2.24, 2.45) is 0 Å². The SMILES string of the molecule is FC(F)(F)c1cccc(N2SNc3ccccc32)c1. The van der Waals surface area contributed by atoms with Crippen LogP contribution in [0.15, 0.2) is 48.5 Å². The Morgan fingerprint density at radius 2 is 1.79 bits per heavy atom. The average Bonchev–Trinajstić information content (AvgIpc) is 2.82. The summed E-state index contributed by atoms with van der Waals surface area (Å²) in [7, 11) is 0. The van der Waals surface area contributed by atoms with E-state index in [1.807, 2.05) is 24.3 Å². The Labute approximate surface area is 112 Å². The highest BCUT2D eigenvalue weighted by molar-refractivity contribution is 8.02. The molecule has 3 rings (SSSR count). The molecule has 0 saturated heterocycles. The number of para-hydroxylation sites is 2. The maximum absolute atomic E-state index is 12.7. The Hall–Kier alpha value is -1.82. The fraction of sp³-hybridized carbons (Fsp3) is 0.0769. The van der Waals surface area contributed by atoms with E-state index in [0.29, 0.717) is 5.69 Å². The summed E-state index contributed by atoms with van der Waals surface area (Å²) in [6, 6.07) is 12.8. The molecular formula is C13H9F3N2S. The van der Waals surface area contributed by atoms with Crippen molar-refractivity contribution >= 4 is 29.2 Å². The number of halogens is 3. The number of hydrogen-bond donors (Lipinski definition) is 1. The van der Waals surface area contributed by atoms with Gasteiger partial charge in [-0.1, -0.05) is 18.2 Å². The topological polar surface area (TPSA) is 15.3 Å². The summed E-state index contributed by atoms with van der Waals surface area (Å²) in [6.45, 7) is 0. The van der Waals surface area contributed by atoms with E-state index < -0.39 is 11.7 Å². The Morgan fingerprint density at radius 3 is 2.58 bits per heavy atom. The molecule has 1 aliphatic rings. The van der Waals surface area contributed by atoms with Gasteiger partial charge < -0.3 is 4.72 Å². The van der Waals surface area contributed by atoms with Crippen LogP contribution >= 0.6 is 12.1 Å². The highest BCUT2D eigenvalue weighted by Crippen LogP contribution is 2.45. The minimum atomic E-state index is -4.33. The van der Waals surface area contributed by atoms with Gasteiger partial charge in [-0.15, -0.1) is 0 Å². The van der Waals surface area contributed by atoms with Gasteiger partial charge in [0.2, 0.25) is 0 Å². The van der Waals surface area contributed by atoms with E-state index in [0.717, 1.165) is 23.5 Å². The van der Waals surface area contributed by atoms with Gasteiger partial charge in [0.05, 0.1) is 34.8 Å². The van der Waals surface area contributed by atoms with Crippen LogP contribution < -0.4 is 9.03 Å². The van der Waals surface area contributed by atoms with Crippen LogP contribution in [0.25, 0.3) is 0 Å². The van der Waals surface area contributed by atoms with E-state index in [2.05, 4.69) is 4.72 Å². The molecule has 6 heteroatoms. The van der Waals surface area contributed by atoms with Gasteiger partial charge >= 0.3 is 6.18 Å². The zero-order valence-corrected chi connectivity index (χ0v) is 10.4. The molecule has 0 bridgehead atoms. The third kappa shape index (κ3) is 2.23. The molecule has 0 saturated carbocycles. The van der Waals surface area contributed by atoms with Gasteiger partial charge in [-0.05, 0) is 30.3 Å². The summed E-state index contributed by atoms with van der Waals surface area (Å²) >= 11 is 1.26. The van der Waals surface area contributed by atoms with Gasteiger partial charge in [-0.2, -0.15) is 13.2 Å². The van der Waals surface area contributed by atoms with Crippen molar-refractivity contribution in [3.63, 3.8) is 0 Å². The highest BCUT2D eigenvalue weighted by Gasteiger charge is 2.31. The lowest BCUT2D eigenvalue weighted by Gasteiger charge is -2.17. The zero-order valence-electron chi connectivity index (χ0n) is 9.61. The van der Waals surface area contributed by atoms with Crippen molar-refractivity contribution in [1.82, 2.24) is 0 Å². The molecule has 0 spiro atoms. The number of nitrogens with one attached hydrogen (secondary N) is 1. The average molecular weight is 282 g/mol. The van der Waals surface area contributed by atoms with Crippen molar-refractivity contribution in [3.8, 4) is 0 Å². The van der Waals surface area contributed by atoms with Gasteiger partial charge in [0, 0.05) is 0 Å². The summed E-state index contributed by atoms with van der Waals surface area (Å²) in [4.78, 5) is 0. The van der Waals surface area contributed by atoms with Crippen LogP contribution in [-0.4, -0.2) is 0 Å². The van der Waals surface area contributed by atoms with Crippen molar-refractivity contribution in [3.05, 3.63) is 54.1 Å². The lowest BCUT2D eigenvalue weighted by molar-refractivity contribution is -0.137. The van der Waals surface area contributed by atoms with Gasteiger partial charge in [0.15, 0.2) is 0 Å². The molecular weight excluding hydrogens is 273 g/mol. The Morgan fingerprint density at radius 1 is 1.00 bits per heavy atom. The molecule has 0 atom stereocenters. The number of rotatable bonds is 1. The molecule has 0 amide bonds. The van der Waals surface area contributed by atoms with Crippen molar-refractivity contribution in [2.45, 2.75) is 6.18 Å². The number of anilines is 3. The standard InChI is InChI=1S/C13H9F3N2S/c14-13(15,16)9-4-3-5-10(8-9)18-12-7-2-1-6-11(12)17-19-18/h1-8,17H. The zero-order chi connectivity index (χ0) is 13.5. The maximum Gasteiger partial charge on any atom is 0.416 e. The first-order chi connectivity index (χ1) is 9.05. The van der Waals surface area contributed by atoms with Gasteiger partial charge in [0.25, 0.3) is 0 Å². The molecule has 2 nitrogen and oxygen atoms in total. The van der Waals surface area contributed by atoms with Crippen molar-refractivity contribution < 1.29 is 13.2 Å². The molecule has 0 radical (unpaired) electrons. The second-order valence-electron chi connectivity index (χ2n) is 4.05. The molecule has 2 aromatic rings. The monoisotopic (exact) mass is 282 g/mol. The number of hydrogen-bond acceptors (Lipinski definition) is 3. The minimum Gasteiger partial charge on any atom is -0.310 e. The summed E-state index contributed by atoms with van der Waals surface area (Å²) in [5, 5.41) is 0. The summed E-state index contributed by atoms with van der Waals surface area (Å²) < 4.78 is 42.9. The van der Waals surface area contributed by atoms with Gasteiger partial charge in [-0.3, -0.25) is 4.31 Å². The number of alkyl halides is 3. The van der Waals surface area contributed by atoms with E-state index in [4.69, 9.17) is 0 Å². The number of benzene rings is 2. The first-order valence-electron chi connectivity index (χ1n) is 5.55. The Bertz CT molecular complexity index is 613. The first-order valence-corrected chi connectivity index (χ1v) is 6.32. The third-order valence-electron chi connectivity index (χ3n) is 2.78. The van der Waals surface area contributed by atoms with E-state index >= 15 is 0 Å². The second-order valence-corrected chi connectivity index (χ2v) is 4.80. The normalized spacial score (nSPS) is 14.2. The maximum atomic E-state index is 12.7. The van der Waals surface area contributed by atoms with Crippen LogP contribution in [0.1, 0.15) is 5.56 Å². The smallest absolute Gasteiger partial charge is 0.310 e. The molecule has 0 aliphatic carbocycles. The Kier molecular flexibility index (Phi) is 2.82. The van der Waals surface area contributed by atoms with Crippen LogP contribution in [0.2, 0.25) is 0 Å². The van der Waals surface area contributed by atoms with E-state index in [1.165, 1.54) is 18.2 Å². The van der Waals surface area contributed by atoms with E-state index in [1.54, 1.807) is 10.4 Å². The van der Waals surface area contributed by atoms with Crippen molar-refractivity contribution in [2.75, 3.05) is 9.03 Å². The quantitative estimate of drug-likeness (QED) is 0.754. The number of nitrogens with zero attached hydrogens (tertiary/aromatic N) is 1. The number of fused-ring (bicyclic) bond motifs is 1. The fourth-order valence-corrected chi connectivity index (χ4v) is 2.72. The van der Waals surface area contributed by atoms with E-state index in [9.17, 15) is 13.2 Å². The molecule has 1 N–H and O–H groups in total. The largest absolute Gasteiger partial charge is 0.416 e. The molecule has 19 heavy (non-hydrogen) atoms. The molecule has 1 heterocycles. The molecule has 0 fully saturated rings. The fourth-order valence-electron chi connectivity index (χ4n) is 1.88.